The van der Waals surface area contributed by atoms with Crippen molar-refractivity contribution in [1.29, 1.82) is 0 Å². The molecule has 0 aromatic rings. The second-order valence-electron chi connectivity index (χ2n) is 5.39. The molecule has 2 N–H and O–H groups in total. The summed E-state index contributed by atoms with van der Waals surface area (Å²) in [5, 5.41) is 18.3. The summed E-state index contributed by atoms with van der Waals surface area (Å²) >= 11 is 0. The molecule has 0 aromatic heterocycles. The maximum Gasteiger partial charge on any atom is 0.309 e. The van der Waals surface area contributed by atoms with E-state index in [1.807, 2.05) is 13.8 Å². The van der Waals surface area contributed by atoms with Gasteiger partial charge < -0.3 is 10.2 Å². The van der Waals surface area contributed by atoms with Gasteiger partial charge in [-0.2, -0.15) is 0 Å². The fraction of sp³-hybridized carbons (Fsp3) is 0.833. The normalized spacial score (nSPS) is 35.0. The Morgan fingerprint density at radius 2 is 1.81 bits per heavy atom. The zero-order valence-corrected chi connectivity index (χ0v) is 10.1. The molecule has 1 rings (SSSR count). The van der Waals surface area contributed by atoms with E-state index in [1.54, 1.807) is 6.92 Å². The second-order valence-corrected chi connectivity index (χ2v) is 5.39. The summed E-state index contributed by atoms with van der Waals surface area (Å²) in [7, 11) is 0. The smallest absolute Gasteiger partial charge is 0.309 e. The molecule has 0 spiro atoms. The first-order chi connectivity index (χ1) is 7.29. The third-order valence-electron chi connectivity index (χ3n) is 3.96. The van der Waals surface area contributed by atoms with Crippen LogP contribution in [0.2, 0.25) is 0 Å². The maximum absolute atomic E-state index is 11.4. The quantitative estimate of drug-likeness (QED) is 0.776. The number of carbonyl (C=O) groups is 2. The Labute approximate surface area is 95.7 Å². The lowest BCUT2D eigenvalue weighted by atomic mass is 9.60. The summed E-state index contributed by atoms with van der Waals surface area (Å²) in [5.74, 6) is -1.89. The van der Waals surface area contributed by atoms with Crippen LogP contribution in [0.3, 0.4) is 0 Å². The van der Waals surface area contributed by atoms with E-state index in [-0.39, 0.29) is 18.3 Å². The highest BCUT2D eigenvalue weighted by Gasteiger charge is 2.48. The summed E-state index contributed by atoms with van der Waals surface area (Å²) in [6.45, 7) is 5.70. The Bertz CT molecular complexity index is 297. The Kier molecular flexibility index (Phi) is 3.61. The molecule has 0 radical (unpaired) electrons. The molecule has 4 nitrogen and oxygen atoms in total. The van der Waals surface area contributed by atoms with Crippen LogP contribution in [0, 0.1) is 23.2 Å². The first-order valence-corrected chi connectivity index (χ1v) is 5.75. The highest BCUT2D eigenvalue weighted by Crippen LogP contribution is 2.47. The third kappa shape index (κ3) is 2.20. The summed E-state index contributed by atoms with van der Waals surface area (Å²) in [4.78, 5) is 22.3. The molecule has 4 heteroatoms. The van der Waals surface area contributed by atoms with Gasteiger partial charge in [0, 0.05) is 0 Å². The van der Waals surface area contributed by atoms with Gasteiger partial charge in [0.05, 0.1) is 11.3 Å². The molecule has 0 bridgehead atoms. The van der Waals surface area contributed by atoms with E-state index in [1.165, 1.54) is 0 Å². The van der Waals surface area contributed by atoms with Gasteiger partial charge in [0.25, 0.3) is 0 Å². The summed E-state index contributed by atoms with van der Waals surface area (Å²) in [6.07, 6.45) is 1.54. The van der Waals surface area contributed by atoms with Crippen LogP contribution in [-0.4, -0.2) is 22.2 Å². The van der Waals surface area contributed by atoms with E-state index in [0.717, 1.165) is 0 Å². The van der Waals surface area contributed by atoms with Gasteiger partial charge in [-0.1, -0.05) is 13.8 Å². The van der Waals surface area contributed by atoms with Crippen LogP contribution >= 0.6 is 0 Å². The number of carboxylic acid groups (broad SMARTS) is 2. The van der Waals surface area contributed by atoms with Crippen molar-refractivity contribution in [1.82, 2.24) is 0 Å². The Morgan fingerprint density at radius 1 is 1.25 bits per heavy atom. The molecule has 3 atom stereocenters. The molecular weight excluding hydrogens is 208 g/mol. The molecule has 1 fully saturated rings. The molecular formula is C12H20O4. The predicted molar refractivity (Wildman–Crippen MR) is 59.0 cm³/mol. The fourth-order valence-corrected chi connectivity index (χ4v) is 2.99. The van der Waals surface area contributed by atoms with Crippen LogP contribution in [0.15, 0.2) is 0 Å². The van der Waals surface area contributed by atoms with Crippen molar-refractivity contribution >= 4 is 11.9 Å². The zero-order valence-electron chi connectivity index (χ0n) is 10.1. The number of carboxylic acids is 2. The largest absolute Gasteiger partial charge is 0.481 e. The second kappa shape index (κ2) is 4.44. The predicted octanol–water partition coefficient (Wildman–Crippen LogP) is 2.23. The number of aliphatic carboxylic acids is 2. The van der Waals surface area contributed by atoms with Gasteiger partial charge >= 0.3 is 11.9 Å². The van der Waals surface area contributed by atoms with Crippen LogP contribution in [0.4, 0.5) is 0 Å². The van der Waals surface area contributed by atoms with Crippen molar-refractivity contribution in [2.45, 2.75) is 40.0 Å². The Balaban J connectivity index is 2.94. The van der Waals surface area contributed by atoms with Gasteiger partial charge in [-0.15, -0.1) is 0 Å². The molecule has 3 unspecified atom stereocenters. The van der Waals surface area contributed by atoms with E-state index in [2.05, 4.69) is 0 Å². The van der Waals surface area contributed by atoms with Crippen molar-refractivity contribution in [3.8, 4) is 0 Å². The average molecular weight is 228 g/mol. The van der Waals surface area contributed by atoms with Crippen LogP contribution in [0.5, 0.6) is 0 Å². The number of rotatable bonds is 3. The van der Waals surface area contributed by atoms with Gasteiger partial charge in [-0.25, -0.2) is 0 Å². The SMILES string of the molecule is CC(C)C1CCC(C(=O)O)CC1(C)C(=O)O. The van der Waals surface area contributed by atoms with Gasteiger partial charge in [-0.05, 0) is 38.0 Å². The fourth-order valence-electron chi connectivity index (χ4n) is 2.99. The zero-order chi connectivity index (χ0) is 12.5. The van der Waals surface area contributed by atoms with Crippen molar-refractivity contribution in [2.75, 3.05) is 0 Å². The first kappa shape index (κ1) is 13.0. The summed E-state index contributed by atoms with van der Waals surface area (Å²) < 4.78 is 0. The van der Waals surface area contributed by atoms with Crippen LogP contribution in [0.1, 0.15) is 40.0 Å². The molecule has 1 aliphatic carbocycles. The van der Waals surface area contributed by atoms with Crippen LogP contribution in [0.25, 0.3) is 0 Å². The van der Waals surface area contributed by atoms with Crippen molar-refractivity contribution in [3.05, 3.63) is 0 Å². The highest BCUT2D eigenvalue weighted by molar-refractivity contribution is 5.77. The molecule has 0 saturated heterocycles. The van der Waals surface area contributed by atoms with Gasteiger partial charge in [-0.3, -0.25) is 9.59 Å². The number of hydrogen-bond acceptors (Lipinski definition) is 2. The number of hydrogen-bond donors (Lipinski definition) is 2. The summed E-state index contributed by atoms with van der Waals surface area (Å²) in [5.41, 5.74) is -0.893. The van der Waals surface area contributed by atoms with E-state index in [4.69, 9.17) is 5.11 Å². The van der Waals surface area contributed by atoms with Crippen molar-refractivity contribution in [3.63, 3.8) is 0 Å². The molecule has 0 aliphatic heterocycles. The van der Waals surface area contributed by atoms with E-state index >= 15 is 0 Å². The minimum Gasteiger partial charge on any atom is -0.481 e. The minimum atomic E-state index is -0.893. The van der Waals surface area contributed by atoms with E-state index in [9.17, 15) is 14.7 Å². The minimum absolute atomic E-state index is 0.0700. The lowest BCUT2D eigenvalue weighted by Gasteiger charge is -2.42. The first-order valence-electron chi connectivity index (χ1n) is 5.75. The van der Waals surface area contributed by atoms with E-state index in [0.29, 0.717) is 12.8 Å². The highest BCUT2D eigenvalue weighted by atomic mass is 16.4. The van der Waals surface area contributed by atoms with Gasteiger partial charge in [0.15, 0.2) is 0 Å². The van der Waals surface area contributed by atoms with Crippen molar-refractivity contribution in [2.24, 2.45) is 23.2 Å². The Morgan fingerprint density at radius 3 is 2.19 bits per heavy atom. The molecule has 92 valence electrons. The molecule has 1 saturated carbocycles. The molecule has 0 amide bonds. The molecule has 0 heterocycles. The lowest BCUT2D eigenvalue weighted by Crippen LogP contribution is -2.45. The molecule has 0 aromatic carbocycles. The van der Waals surface area contributed by atoms with Gasteiger partial charge in [0.1, 0.15) is 0 Å². The topological polar surface area (TPSA) is 74.6 Å². The third-order valence-corrected chi connectivity index (χ3v) is 3.96. The average Bonchev–Trinajstić information content (AvgIpc) is 2.16. The van der Waals surface area contributed by atoms with E-state index < -0.39 is 23.3 Å². The van der Waals surface area contributed by atoms with Crippen molar-refractivity contribution < 1.29 is 19.8 Å². The standard InChI is InChI=1S/C12H20O4/c1-7(2)9-5-4-8(10(13)14)6-12(9,3)11(15)16/h7-9H,4-6H2,1-3H3,(H,13,14)(H,15,16). The molecule has 1 aliphatic rings. The van der Waals surface area contributed by atoms with Gasteiger partial charge in [0.2, 0.25) is 0 Å². The Hall–Kier alpha value is -1.06. The monoisotopic (exact) mass is 228 g/mol. The lowest BCUT2D eigenvalue weighted by molar-refractivity contribution is -0.160. The van der Waals surface area contributed by atoms with Crippen LogP contribution in [-0.2, 0) is 9.59 Å². The maximum atomic E-state index is 11.4. The van der Waals surface area contributed by atoms with Crippen LogP contribution < -0.4 is 0 Å². The molecule has 16 heavy (non-hydrogen) atoms. The summed E-state index contributed by atoms with van der Waals surface area (Å²) in [6, 6.07) is 0.